The molecule has 28 heavy (non-hydrogen) atoms. The molecule has 0 bridgehead atoms. The van der Waals surface area contributed by atoms with E-state index in [1.165, 1.54) is 0 Å². The third-order valence-corrected chi connectivity index (χ3v) is 5.95. The second kappa shape index (κ2) is 6.42. The number of hydrogen-bond acceptors (Lipinski definition) is 1. The molecule has 0 saturated heterocycles. The largest absolute Gasteiger partial charge is 0.481 e. The Morgan fingerprint density at radius 1 is 0.536 bits per heavy atom. The summed E-state index contributed by atoms with van der Waals surface area (Å²) in [4.78, 5) is 11.2. The molecule has 0 rings (SSSR count). The number of aliphatic carboxylic acids is 1. The fraction of sp³-hybridized carbons (Fsp3) is 0.941. The maximum Gasteiger partial charge on any atom is 0.399 e. The van der Waals surface area contributed by atoms with Gasteiger partial charge in [-0.25, -0.2) is 26.3 Å². The first-order valence-electron chi connectivity index (χ1n) is 8.13. The molecule has 0 aromatic rings. The van der Waals surface area contributed by atoms with E-state index in [0.29, 0.717) is 13.8 Å². The molecule has 0 aromatic carbocycles. The van der Waals surface area contributed by atoms with Crippen LogP contribution in [0.3, 0.4) is 0 Å². The molecule has 0 spiro atoms. The van der Waals surface area contributed by atoms with Crippen molar-refractivity contribution in [1.29, 1.82) is 0 Å². The first-order chi connectivity index (χ1) is 11.7. The first-order valence-corrected chi connectivity index (χ1v) is 8.13. The fourth-order valence-electron chi connectivity index (χ4n) is 3.05. The van der Waals surface area contributed by atoms with Gasteiger partial charge in [0.15, 0.2) is 0 Å². The highest BCUT2D eigenvalue weighted by atomic mass is 19.4. The molecule has 168 valence electrons. The van der Waals surface area contributed by atoms with E-state index in [9.17, 15) is 35.5 Å². The first kappa shape index (κ1) is 26.8. The molecule has 0 fully saturated rings. The molecular formula is C17H25F9O2. The Balaban J connectivity index is 6.76. The zero-order chi connectivity index (χ0) is 23.6. The summed E-state index contributed by atoms with van der Waals surface area (Å²) < 4.78 is 129. The van der Waals surface area contributed by atoms with Gasteiger partial charge in [-0.2, -0.15) is 13.2 Å². The summed E-state index contributed by atoms with van der Waals surface area (Å²) in [5, 5.41) is 8.98. The number of rotatable bonds is 7. The molecule has 0 amide bonds. The van der Waals surface area contributed by atoms with Crippen LogP contribution < -0.4 is 0 Å². The van der Waals surface area contributed by atoms with Crippen molar-refractivity contribution in [2.75, 3.05) is 0 Å². The van der Waals surface area contributed by atoms with Crippen LogP contribution in [0.5, 0.6) is 0 Å². The van der Waals surface area contributed by atoms with E-state index in [4.69, 9.17) is 5.11 Å². The molecule has 0 heterocycles. The minimum Gasteiger partial charge on any atom is -0.481 e. The van der Waals surface area contributed by atoms with E-state index in [1.54, 1.807) is 0 Å². The standard InChI is InChI=1S/C17H25F9O2/c1-10(2,9(27)28)14(18,19)11(3,4)15(20,21)12(5,6)16(22,23)13(7,8)17(24,25)26/h1-8H3,(H,27,28). The zero-order valence-corrected chi connectivity index (χ0v) is 16.8. The van der Waals surface area contributed by atoms with Crippen molar-refractivity contribution in [3.8, 4) is 0 Å². The molecule has 0 aliphatic heterocycles. The highest BCUT2D eigenvalue weighted by Gasteiger charge is 2.81. The minimum absolute atomic E-state index is 0.00282. The van der Waals surface area contributed by atoms with Crippen LogP contribution >= 0.6 is 0 Å². The van der Waals surface area contributed by atoms with Gasteiger partial charge in [-0.1, -0.05) is 0 Å². The van der Waals surface area contributed by atoms with E-state index >= 15 is 8.78 Å². The fourth-order valence-corrected chi connectivity index (χ4v) is 3.05. The number of halogens is 9. The quantitative estimate of drug-likeness (QED) is 0.458. The Labute approximate surface area is 157 Å². The van der Waals surface area contributed by atoms with E-state index in [0.717, 1.165) is 0 Å². The number of alkyl halides is 9. The predicted molar refractivity (Wildman–Crippen MR) is 83.7 cm³/mol. The van der Waals surface area contributed by atoms with Gasteiger partial charge in [0.25, 0.3) is 17.8 Å². The van der Waals surface area contributed by atoms with E-state index in [2.05, 4.69) is 0 Å². The second-order valence-electron chi connectivity index (χ2n) is 9.03. The lowest BCUT2D eigenvalue weighted by Gasteiger charge is -2.55. The normalized spacial score (nSPS) is 16.3. The summed E-state index contributed by atoms with van der Waals surface area (Å²) in [7, 11) is 0. The molecule has 2 nitrogen and oxygen atoms in total. The molecule has 0 aromatic heterocycles. The monoisotopic (exact) mass is 432 g/mol. The van der Waals surface area contributed by atoms with Crippen LogP contribution in [0.15, 0.2) is 0 Å². The summed E-state index contributed by atoms with van der Waals surface area (Å²) in [5.41, 5.74) is -14.8. The van der Waals surface area contributed by atoms with Crippen molar-refractivity contribution in [3.05, 3.63) is 0 Å². The highest BCUT2D eigenvalue weighted by Crippen LogP contribution is 2.67. The topological polar surface area (TPSA) is 37.3 Å². The number of hydrogen-bond donors (Lipinski definition) is 1. The van der Waals surface area contributed by atoms with Crippen LogP contribution in [-0.2, 0) is 4.79 Å². The minimum atomic E-state index is -5.63. The third kappa shape index (κ3) is 3.07. The van der Waals surface area contributed by atoms with E-state index in [-0.39, 0.29) is 41.5 Å². The van der Waals surface area contributed by atoms with Gasteiger partial charge < -0.3 is 5.11 Å². The summed E-state index contributed by atoms with van der Waals surface area (Å²) in [6.07, 6.45) is -5.63. The van der Waals surface area contributed by atoms with Gasteiger partial charge in [-0.15, -0.1) is 0 Å². The molecule has 0 unspecified atom stereocenters. The molecule has 0 radical (unpaired) electrons. The Hall–Kier alpha value is -1.16. The van der Waals surface area contributed by atoms with E-state index in [1.807, 2.05) is 0 Å². The maximum atomic E-state index is 15.2. The predicted octanol–water partition coefficient (Wildman–Crippen LogP) is 6.64. The van der Waals surface area contributed by atoms with Crippen molar-refractivity contribution >= 4 is 5.97 Å². The average molecular weight is 432 g/mol. The molecule has 0 saturated carbocycles. The smallest absolute Gasteiger partial charge is 0.399 e. The number of carboxylic acids is 1. The van der Waals surface area contributed by atoms with Crippen LogP contribution in [0.4, 0.5) is 39.5 Å². The molecule has 0 aliphatic carbocycles. The van der Waals surface area contributed by atoms with Crippen LogP contribution in [0.25, 0.3) is 0 Å². The molecular weight excluding hydrogens is 407 g/mol. The van der Waals surface area contributed by atoms with Crippen LogP contribution in [0.1, 0.15) is 55.4 Å². The van der Waals surface area contributed by atoms with Crippen molar-refractivity contribution < 1.29 is 49.4 Å². The van der Waals surface area contributed by atoms with Gasteiger partial charge in [0.1, 0.15) is 10.8 Å². The van der Waals surface area contributed by atoms with Crippen LogP contribution in [0, 0.1) is 21.7 Å². The van der Waals surface area contributed by atoms with Crippen molar-refractivity contribution in [2.24, 2.45) is 21.7 Å². The Morgan fingerprint density at radius 2 is 0.786 bits per heavy atom. The van der Waals surface area contributed by atoms with Gasteiger partial charge in [0, 0.05) is 0 Å². The zero-order valence-electron chi connectivity index (χ0n) is 16.8. The van der Waals surface area contributed by atoms with Gasteiger partial charge in [0.05, 0.1) is 10.8 Å². The molecule has 11 heteroatoms. The molecule has 1 N–H and O–H groups in total. The number of carboxylic acid groups (broad SMARTS) is 1. The average Bonchev–Trinajstić information content (AvgIpc) is 2.44. The Morgan fingerprint density at radius 3 is 1.04 bits per heavy atom. The van der Waals surface area contributed by atoms with Crippen LogP contribution in [0.2, 0.25) is 0 Å². The lowest BCUT2D eigenvalue weighted by molar-refractivity contribution is -0.373. The lowest BCUT2D eigenvalue weighted by atomic mass is 9.57. The second-order valence-corrected chi connectivity index (χ2v) is 9.03. The highest BCUT2D eigenvalue weighted by molar-refractivity contribution is 5.75. The van der Waals surface area contributed by atoms with Crippen molar-refractivity contribution in [1.82, 2.24) is 0 Å². The van der Waals surface area contributed by atoms with Gasteiger partial charge in [0.2, 0.25) is 0 Å². The lowest BCUT2D eigenvalue weighted by Crippen LogP contribution is -2.69. The van der Waals surface area contributed by atoms with Gasteiger partial charge in [-0.05, 0) is 55.4 Å². The van der Waals surface area contributed by atoms with Gasteiger partial charge >= 0.3 is 12.1 Å². The summed E-state index contributed by atoms with van der Waals surface area (Å²) in [6.45, 7) is 1.30. The van der Waals surface area contributed by atoms with Gasteiger partial charge in [-0.3, -0.25) is 4.79 Å². The number of carbonyl (C=O) groups is 1. The third-order valence-electron chi connectivity index (χ3n) is 5.95. The summed E-state index contributed by atoms with van der Waals surface area (Å²) in [5.74, 6) is -17.3. The van der Waals surface area contributed by atoms with E-state index < -0.39 is 51.6 Å². The van der Waals surface area contributed by atoms with Crippen LogP contribution in [-0.4, -0.2) is 35.0 Å². The summed E-state index contributed by atoms with van der Waals surface area (Å²) in [6, 6.07) is 0. The Bertz CT molecular complexity index is 615. The van der Waals surface area contributed by atoms with Crippen molar-refractivity contribution in [2.45, 2.75) is 79.3 Å². The maximum absolute atomic E-state index is 15.2. The van der Waals surface area contributed by atoms with Crippen molar-refractivity contribution in [3.63, 3.8) is 0 Å². The summed E-state index contributed by atoms with van der Waals surface area (Å²) >= 11 is 0. The SMILES string of the molecule is CC(C)(C(=O)O)C(F)(F)C(C)(C)C(F)(F)C(C)(C)C(F)(F)C(C)(C)C(F)(F)F. The Kier molecular flexibility index (Phi) is 6.15. The molecule has 0 aliphatic rings. The molecule has 0 atom stereocenters.